The molecule has 0 spiro atoms. The van der Waals surface area contributed by atoms with E-state index in [-0.39, 0.29) is 0 Å². The van der Waals surface area contributed by atoms with Crippen LogP contribution in [0.1, 0.15) is 40.0 Å². The van der Waals surface area contributed by atoms with Crippen molar-refractivity contribution in [2.75, 3.05) is 0 Å². The molecule has 0 aromatic rings. The van der Waals surface area contributed by atoms with Crippen molar-refractivity contribution in [3.05, 3.63) is 0 Å². The van der Waals surface area contributed by atoms with Crippen LogP contribution in [0.2, 0.25) is 0 Å². The molecule has 0 aliphatic heterocycles. The number of carboxylic acid groups (broad SMARTS) is 1. The Bertz CT molecular complexity index is 258. The Morgan fingerprint density at radius 2 is 1.79 bits per heavy atom. The molecule has 0 amide bonds. The number of ether oxygens (including phenoxy) is 1. The molecule has 1 rings (SSSR count). The zero-order chi connectivity index (χ0) is 11.0. The Labute approximate surface area is 83.2 Å². The molecule has 0 unspecified atom stereocenters. The summed E-state index contributed by atoms with van der Waals surface area (Å²) in [6.07, 6.45) is 1.58. The Hall–Kier alpha value is -1.06. The monoisotopic (exact) mass is 200 g/mol. The van der Waals surface area contributed by atoms with Gasteiger partial charge in [-0.05, 0) is 40.0 Å². The normalized spacial score (nSPS) is 19.6. The summed E-state index contributed by atoms with van der Waals surface area (Å²) in [4.78, 5) is 22.5. The molecule has 0 heterocycles. The molecule has 0 radical (unpaired) electrons. The van der Waals surface area contributed by atoms with Gasteiger partial charge >= 0.3 is 11.9 Å². The molecule has 0 saturated heterocycles. The van der Waals surface area contributed by atoms with Gasteiger partial charge in [-0.3, -0.25) is 9.59 Å². The van der Waals surface area contributed by atoms with Crippen LogP contribution in [0.3, 0.4) is 0 Å². The summed E-state index contributed by atoms with van der Waals surface area (Å²) in [6, 6.07) is 0. The van der Waals surface area contributed by atoms with Crippen LogP contribution in [0.15, 0.2) is 0 Å². The van der Waals surface area contributed by atoms with Gasteiger partial charge in [-0.15, -0.1) is 0 Å². The van der Waals surface area contributed by atoms with Crippen molar-refractivity contribution in [2.45, 2.75) is 45.6 Å². The maximum absolute atomic E-state index is 11.6. The molecular weight excluding hydrogens is 184 g/mol. The molecule has 14 heavy (non-hydrogen) atoms. The lowest BCUT2D eigenvalue weighted by molar-refractivity contribution is -0.183. The van der Waals surface area contributed by atoms with Crippen LogP contribution < -0.4 is 0 Å². The van der Waals surface area contributed by atoms with Crippen LogP contribution in [-0.4, -0.2) is 22.6 Å². The highest BCUT2D eigenvalue weighted by molar-refractivity contribution is 6.00. The molecule has 0 aromatic heterocycles. The van der Waals surface area contributed by atoms with Crippen molar-refractivity contribution in [1.82, 2.24) is 0 Å². The fourth-order valence-corrected chi connectivity index (χ4v) is 1.41. The highest BCUT2D eigenvalue weighted by Gasteiger charge is 2.53. The van der Waals surface area contributed by atoms with Gasteiger partial charge in [-0.1, -0.05) is 0 Å². The number of carboxylic acids is 1. The lowest BCUT2D eigenvalue weighted by atomic mass is 9.69. The van der Waals surface area contributed by atoms with Gasteiger partial charge in [-0.2, -0.15) is 0 Å². The van der Waals surface area contributed by atoms with Crippen molar-refractivity contribution in [2.24, 2.45) is 5.41 Å². The van der Waals surface area contributed by atoms with E-state index in [1.54, 1.807) is 20.8 Å². The second-order valence-electron chi connectivity index (χ2n) is 4.74. The SMILES string of the molecule is CC(C)(C)OC(=O)C1(C(=O)O)CCC1. The summed E-state index contributed by atoms with van der Waals surface area (Å²) >= 11 is 0. The van der Waals surface area contributed by atoms with E-state index in [2.05, 4.69) is 0 Å². The number of esters is 1. The zero-order valence-corrected chi connectivity index (χ0v) is 8.79. The van der Waals surface area contributed by atoms with Crippen molar-refractivity contribution < 1.29 is 19.4 Å². The Kier molecular flexibility index (Phi) is 2.56. The molecule has 0 aromatic carbocycles. The minimum Gasteiger partial charge on any atom is -0.480 e. The maximum Gasteiger partial charge on any atom is 0.323 e. The van der Waals surface area contributed by atoms with E-state index >= 15 is 0 Å². The molecule has 1 aliphatic carbocycles. The highest BCUT2D eigenvalue weighted by Crippen LogP contribution is 2.43. The van der Waals surface area contributed by atoms with E-state index in [4.69, 9.17) is 9.84 Å². The minimum absolute atomic E-state index is 0.400. The maximum atomic E-state index is 11.6. The van der Waals surface area contributed by atoms with Gasteiger partial charge < -0.3 is 9.84 Å². The first-order valence-electron chi connectivity index (χ1n) is 4.75. The van der Waals surface area contributed by atoms with Gasteiger partial charge in [-0.25, -0.2) is 0 Å². The zero-order valence-electron chi connectivity index (χ0n) is 8.79. The van der Waals surface area contributed by atoms with Gasteiger partial charge in [0.05, 0.1) is 0 Å². The standard InChI is InChI=1S/C10H16O4/c1-9(2,3)14-8(13)10(7(11)12)5-4-6-10/h4-6H2,1-3H3,(H,11,12). The van der Waals surface area contributed by atoms with Crippen molar-refractivity contribution in [1.29, 1.82) is 0 Å². The second kappa shape index (κ2) is 3.26. The Balaban J connectivity index is 2.72. The molecule has 1 saturated carbocycles. The molecule has 0 bridgehead atoms. The number of hydrogen-bond donors (Lipinski definition) is 1. The largest absolute Gasteiger partial charge is 0.480 e. The molecule has 1 fully saturated rings. The molecular formula is C10H16O4. The topological polar surface area (TPSA) is 63.6 Å². The molecule has 1 N–H and O–H groups in total. The summed E-state index contributed by atoms with van der Waals surface area (Å²) in [5.74, 6) is -1.65. The third-order valence-corrected chi connectivity index (χ3v) is 2.41. The predicted octanol–water partition coefficient (Wildman–Crippen LogP) is 1.58. The predicted molar refractivity (Wildman–Crippen MR) is 49.8 cm³/mol. The highest BCUT2D eigenvalue weighted by atomic mass is 16.6. The summed E-state index contributed by atoms with van der Waals surface area (Å²) in [5.41, 5.74) is -1.87. The molecule has 1 aliphatic rings. The van der Waals surface area contributed by atoms with Crippen LogP contribution in [0.25, 0.3) is 0 Å². The van der Waals surface area contributed by atoms with E-state index in [1.807, 2.05) is 0 Å². The molecule has 4 heteroatoms. The molecule has 80 valence electrons. The van der Waals surface area contributed by atoms with Crippen molar-refractivity contribution >= 4 is 11.9 Å². The summed E-state index contributed by atoms with van der Waals surface area (Å²) in [7, 11) is 0. The first kappa shape index (κ1) is 11.0. The average Bonchev–Trinajstić information content (AvgIpc) is 1.76. The van der Waals surface area contributed by atoms with Crippen LogP contribution in [-0.2, 0) is 14.3 Å². The van der Waals surface area contributed by atoms with Crippen molar-refractivity contribution in [3.63, 3.8) is 0 Å². The van der Waals surface area contributed by atoms with E-state index in [1.165, 1.54) is 0 Å². The Morgan fingerprint density at radius 3 is 2.00 bits per heavy atom. The number of rotatable bonds is 2. The van der Waals surface area contributed by atoms with Crippen LogP contribution in [0.5, 0.6) is 0 Å². The van der Waals surface area contributed by atoms with Gasteiger partial charge in [0.1, 0.15) is 5.60 Å². The van der Waals surface area contributed by atoms with Crippen LogP contribution >= 0.6 is 0 Å². The smallest absolute Gasteiger partial charge is 0.323 e. The average molecular weight is 200 g/mol. The van der Waals surface area contributed by atoms with Crippen molar-refractivity contribution in [3.8, 4) is 0 Å². The third-order valence-electron chi connectivity index (χ3n) is 2.41. The number of carbonyl (C=O) groups is 2. The van der Waals surface area contributed by atoms with E-state index in [0.717, 1.165) is 6.42 Å². The van der Waals surface area contributed by atoms with Crippen LogP contribution in [0.4, 0.5) is 0 Å². The fraction of sp³-hybridized carbons (Fsp3) is 0.800. The number of carbonyl (C=O) groups excluding carboxylic acids is 1. The summed E-state index contributed by atoms with van der Waals surface area (Å²) < 4.78 is 5.09. The summed E-state index contributed by atoms with van der Waals surface area (Å²) in [5, 5.41) is 8.95. The quantitative estimate of drug-likeness (QED) is 0.543. The van der Waals surface area contributed by atoms with E-state index in [0.29, 0.717) is 12.8 Å². The van der Waals surface area contributed by atoms with E-state index < -0.39 is 23.0 Å². The Morgan fingerprint density at radius 1 is 1.29 bits per heavy atom. The fourth-order valence-electron chi connectivity index (χ4n) is 1.41. The first-order valence-corrected chi connectivity index (χ1v) is 4.75. The first-order chi connectivity index (χ1) is 6.28. The van der Waals surface area contributed by atoms with E-state index in [9.17, 15) is 9.59 Å². The minimum atomic E-state index is -1.26. The third kappa shape index (κ3) is 1.89. The molecule has 4 nitrogen and oxygen atoms in total. The summed E-state index contributed by atoms with van der Waals surface area (Å²) in [6.45, 7) is 5.21. The van der Waals surface area contributed by atoms with Gasteiger partial charge in [0.15, 0.2) is 5.41 Å². The molecule has 0 atom stereocenters. The number of hydrogen-bond acceptors (Lipinski definition) is 3. The lowest BCUT2D eigenvalue weighted by Gasteiger charge is -2.37. The van der Waals surface area contributed by atoms with Gasteiger partial charge in [0.2, 0.25) is 0 Å². The van der Waals surface area contributed by atoms with Crippen LogP contribution in [0, 0.1) is 5.41 Å². The number of aliphatic carboxylic acids is 1. The van der Waals surface area contributed by atoms with Gasteiger partial charge in [0.25, 0.3) is 0 Å². The lowest BCUT2D eigenvalue weighted by Crippen LogP contribution is -2.48. The second-order valence-corrected chi connectivity index (χ2v) is 4.74. The van der Waals surface area contributed by atoms with Gasteiger partial charge in [0, 0.05) is 0 Å².